The van der Waals surface area contributed by atoms with E-state index in [1.807, 2.05) is 35.4 Å². The summed E-state index contributed by atoms with van der Waals surface area (Å²) in [5, 5.41) is 0. The topological polar surface area (TPSA) is 79.0 Å². The molecule has 2 saturated heterocycles. The van der Waals surface area contributed by atoms with Gasteiger partial charge in [-0.15, -0.1) is 11.8 Å². The van der Waals surface area contributed by atoms with Gasteiger partial charge in [-0.2, -0.15) is 0 Å². The summed E-state index contributed by atoms with van der Waals surface area (Å²) >= 11 is 1.46. The summed E-state index contributed by atoms with van der Waals surface area (Å²) in [6, 6.07) is 12.9. The van der Waals surface area contributed by atoms with Crippen LogP contribution in [0.1, 0.15) is 47.2 Å². The average Bonchev–Trinajstić information content (AvgIpc) is 3.18. The summed E-state index contributed by atoms with van der Waals surface area (Å²) in [6.45, 7) is 5.90. The van der Waals surface area contributed by atoms with Crippen molar-refractivity contribution in [1.29, 1.82) is 0 Å². The van der Waals surface area contributed by atoms with Gasteiger partial charge in [-0.1, -0.05) is 37.1 Å². The zero-order valence-electron chi connectivity index (χ0n) is 20.4. The molecule has 0 saturated carbocycles. The molecule has 4 rings (SSSR count). The number of thioether (sulfide) groups is 1. The van der Waals surface area contributed by atoms with Crippen LogP contribution in [0.15, 0.2) is 52.3 Å². The Morgan fingerprint density at radius 3 is 2.26 bits per heavy atom. The van der Waals surface area contributed by atoms with E-state index in [1.54, 1.807) is 12.1 Å². The molecule has 2 aliphatic heterocycles. The molecule has 0 unspecified atom stereocenters. The van der Waals surface area contributed by atoms with Crippen molar-refractivity contribution in [3.05, 3.63) is 59.2 Å². The molecule has 0 aliphatic carbocycles. The van der Waals surface area contributed by atoms with Crippen molar-refractivity contribution in [1.82, 2.24) is 14.5 Å². The van der Waals surface area contributed by atoms with Crippen LogP contribution in [-0.2, 0) is 27.8 Å². The number of carbonyl (C=O) groups is 1. The van der Waals surface area contributed by atoms with E-state index >= 15 is 0 Å². The lowest BCUT2D eigenvalue weighted by Gasteiger charge is -2.26. The van der Waals surface area contributed by atoms with Gasteiger partial charge < -0.3 is 9.64 Å². The quantitative estimate of drug-likeness (QED) is 0.538. The number of carbonyl (C=O) groups excluding carboxylic acids is 1. The van der Waals surface area contributed by atoms with Gasteiger partial charge in [-0.05, 0) is 48.4 Å². The van der Waals surface area contributed by atoms with Gasteiger partial charge in [0, 0.05) is 44.2 Å². The van der Waals surface area contributed by atoms with Crippen LogP contribution >= 0.6 is 11.8 Å². The van der Waals surface area contributed by atoms with Gasteiger partial charge in [0.05, 0.1) is 23.7 Å². The number of ether oxygens (including phenoxy) is 1. The lowest BCUT2D eigenvalue weighted by atomic mass is 10.1. The Balaban J connectivity index is 1.42. The number of sulfonamides is 1. The molecule has 1 N–H and O–H groups in total. The highest BCUT2D eigenvalue weighted by molar-refractivity contribution is 7.98. The second-order valence-electron chi connectivity index (χ2n) is 9.10. The molecule has 0 aromatic heterocycles. The molecular formula is C26H35N3O4S2. The predicted molar refractivity (Wildman–Crippen MR) is 139 cm³/mol. The Bertz CT molecular complexity index is 1090. The normalized spacial score (nSPS) is 17.8. The first-order valence-corrected chi connectivity index (χ1v) is 15.0. The number of nitrogens with zero attached hydrogens (tertiary/aromatic N) is 2. The molecule has 0 bridgehead atoms. The molecule has 7 nitrogen and oxygen atoms in total. The Morgan fingerprint density at radius 2 is 1.60 bits per heavy atom. The minimum atomic E-state index is -3.76. The third-order valence-electron chi connectivity index (χ3n) is 6.60. The molecule has 35 heavy (non-hydrogen) atoms. The van der Waals surface area contributed by atoms with Crippen molar-refractivity contribution < 1.29 is 17.9 Å². The third-order valence-corrected chi connectivity index (χ3v) is 8.80. The minimum absolute atomic E-state index is 0.0795. The summed E-state index contributed by atoms with van der Waals surface area (Å²) in [5.74, 6) is -0.0795. The van der Waals surface area contributed by atoms with Crippen LogP contribution in [-0.4, -0.2) is 69.8 Å². The molecule has 2 aliphatic rings. The maximum Gasteiger partial charge on any atom is 0.255 e. The van der Waals surface area contributed by atoms with Gasteiger partial charge in [-0.25, -0.2) is 13.1 Å². The van der Waals surface area contributed by atoms with Crippen molar-refractivity contribution in [3.8, 4) is 0 Å². The Morgan fingerprint density at radius 1 is 0.943 bits per heavy atom. The van der Waals surface area contributed by atoms with E-state index in [9.17, 15) is 13.2 Å². The number of benzene rings is 2. The number of nitrogens with one attached hydrogen (secondary N) is 1. The van der Waals surface area contributed by atoms with Crippen LogP contribution in [0.5, 0.6) is 0 Å². The first-order chi connectivity index (χ1) is 17.0. The highest BCUT2D eigenvalue weighted by Crippen LogP contribution is 2.26. The smallest absolute Gasteiger partial charge is 0.255 e. The zero-order valence-corrected chi connectivity index (χ0v) is 22.0. The van der Waals surface area contributed by atoms with E-state index < -0.39 is 10.0 Å². The van der Waals surface area contributed by atoms with Crippen molar-refractivity contribution >= 4 is 27.7 Å². The number of likely N-dealkylation sites (tertiary alicyclic amines) is 1. The zero-order chi connectivity index (χ0) is 24.7. The maximum absolute atomic E-state index is 13.3. The maximum atomic E-state index is 13.3. The molecule has 2 aromatic rings. The summed E-state index contributed by atoms with van der Waals surface area (Å²) in [4.78, 5) is 18.4. The fourth-order valence-electron chi connectivity index (χ4n) is 4.51. The first-order valence-electron chi connectivity index (χ1n) is 12.3. The fraction of sp³-hybridized carbons (Fsp3) is 0.500. The van der Waals surface area contributed by atoms with E-state index in [0.29, 0.717) is 5.56 Å². The largest absolute Gasteiger partial charge is 0.379 e. The Hall–Kier alpha value is -1.91. The van der Waals surface area contributed by atoms with Crippen LogP contribution in [0, 0.1) is 0 Å². The van der Waals surface area contributed by atoms with Crippen LogP contribution < -0.4 is 4.72 Å². The third kappa shape index (κ3) is 7.07. The van der Waals surface area contributed by atoms with Gasteiger partial charge in [-0.3, -0.25) is 9.69 Å². The number of hydrogen-bond donors (Lipinski definition) is 1. The van der Waals surface area contributed by atoms with E-state index in [4.69, 9.17) is 4.74 Å². The van der Waals surface area contributed by atoms with Crippen LogP contribution in [0.2, 0.25) is 0 Å². The Labute approximate surface area is 213 Å². The number of rotatable bonds is 8. The van der Waals surface area contributed by atoms with E-state index in [-0.39, 0.29) is 17.3 Å². The van der Waals surface area contributed by atoms with Crippen molar-refractivity contribution in [3.63, 3.8) is 0 Å². The van der Waals surface area contributed by atoms with Crippen molar-refractivity contribution in [2.24, 2.45) is 0 Å². The van der Waals surface area contributed by atoms with Crippen LogP contribution in [0.3, 0.4) is 0 Å². The lowest BCUT2D eigenvalue weighted by molar-refractivity contribution is 0.0342. The monoisotopic (exact) mass is 517 g/mol. The van der Waals surface area contributed by atoms with Crippen molar-refractivity contribution in [2.75, 3.05) is 45.6 Å². The summed E-state index contributed by atoms with van der Waals surface area (Å²) < 4.78 is 34.3. The van der Waals surface area contributed by atoms with Gasteiger partial charge >= 0.3 is 0 Å². The van der Waals surface area contributed by atoms with E-state index in [1.165, 1.54) is 23.4 Å². The first kappa shape index (κ1) is 26.2. The molecule has 0 radical (unpaired) electrons. The predicted octanol–water partition coefficient (Wildman–Crippen LogP) is 3.74. The highest BCUT2D eigenvalue weighted by Gasteiger charge is 2.23. The van der Waals surface area contributed by atoms with Crippen LogP contribution in [0.4, 0.5) is 0 Å². The second kappa shape index (κ2) is 12.4. The summed E-state index contributed by atoms with van der Waals surface area (Å²) in [6.07, 6.45) is 6.15. The Kier molecular flexibility index (Phi) is 9.24. The second-order valence-corrected chi connectivity index (χ2v) is 11.7. The molecule has 190 valence electrons. The van der Waals surface area contributed by atoms with Crippen LogP contribution in [0.25, 0.3) is 0 Å². The number of morpholine rings is 1. The molecule has 9 heteroatoms. The molecule has 1 amide bonds. The lowest BCUT2D eigenvalue weighted by Crippen LogP contribution is -2.35. The van der Waals surface area contributed by atoms with E-state index in [0.717, 1.165) is 82.1 Å². The molecule has 2 aromatic carbocycles. The molecular weight excluding hydrogens is 482 g/mol. The molecule has 2 fully saturated rings. The van der Waals surface area contributed by atoms with Gasteiger partial charge in [0.2, 0.25) is 10.0 Å². The van der Waals surface area contributed by atoms with Crippen molar-refractivity contribution in [2.45, 2.75) is 48.6 Å². The average molecular weight is 518 g/mol. The standard InChI is InChI=1S/C26H35N3O4S2/c1-34-25-11-10-23(18-24(25)26(30)29-12-4-2-3-5-13-29)35(31,32)27-19-21-6-8-22(9-7-21)20-28-14-16-33-17-15-28/h6-11,18,27H,2-5,12-17,19-20H2,1H3. The fourth-order valence-corrected chi connectivity index (χ4v) is 6.12. The van der Waals surface area contributed by atoms with Gasteiger partial charge in [0.25, 0.3) is 5.91 Å². The highest BCUT2D eigenvalue weighted by atomic mass is 32.2. The summed E-state index contributed by atoms with van der Waals surface area (Å²) in [5.41, 5.74) is 2.55. The minimum Gasteiger partial charge on any atom is -0.379 e. The van der Waals surface area contributed by atoms with Gasteiger partial charge in [0.15, 0.2) is 0 Å². The number of amides is 1. The van der Waals surface area contributed by atoms with E-state index in [2.05, 4.69) is 9.62 Å². The summed E-state index contributed by atoms with van der Waals surface area (Å²) in [7, 11) is -3.76. The number of hydrogen-bond acceptors (Lipinski definition) is 6. The molecule has 0 spiro atoms. The van der Waals surface area contributed by atoms with Gasteiger partial charge in [0.1, 0.15) is 0 Å². The molecule has 0 atom stereocenters. The molecule has 2 heterocycles. The SMILES string of the molecule is CSc1ccc(S(=O)(=O)NCc2ccc(CN3CCOCC3)cc2)cc1C(=O)N1CCCCCC1.